The number of carbonyl (C=O) groups excluding carboxylic acids is 1. The summed E-state index contributed by atoms with van der Waals surface area (Å²) in [7, 11) is 0. The van der Waals surface area contributed by atoms with Gasteiger partial charge in [-0.1, -0.05) is 53.0 Å². The average molecular weight is 350 g/mol. The molecule has 0 aromatic heterocycles. The third kappa shape index (κ3) is 5.27. The van der Waals surface area contributed by atoms with Crippen LogP contribution in [0.1, 0.15) is 18.1 Å². The highest BCUT2D eigenvalue weighted by Crippen LogP contribution is 2.25. The number of hydrazone groups is 1. The Morgan fingerprint density at radius 1 is 1.13 bits per heavy atom. The Bertz CT molecular complexity index is 714. The second kappa shape index (κ2) is 7.99. The number of benzene rings is 2. The molecule has 4 nitrogen and oxygen atoms in total. The fourth-order valence-corrected chi connectivity index (χ4v) is 2.12. The molecule has 2 N–H and O–H groups in total. The fraction of sp³-hybridized carbons (Fsp3) is 0.176. The number of rotatable bonds is 5. The molecule has 0 aliphatic heterocycles. The Balaban J connectivity index is 1.89. The van der Waals surface area contributed by atoms with E-state index >= 15 is 0 Å². The summed E-state index contributed by atoms with van der Waals surface area (Å²) in [5.41, 5.74) is 5.30. The number of nitrogens with zero attached hydrogens (tertiary/aromatic N) is 1. The summed E-state index contributed by atoms with van der Waals surface area (Å²) in [4.78, 5) is 12.0. The molecule has 0 spiro atoms. The van der Waals surface area contributed by atoms with E-state index in [1.807, 2.05) is 31.2 Å². The van der Waals surface area contributed by atoms with Crippen LogP contribution in [0.3, 0.4) is 0 Å². The number of anilines is 1. The molecule has 0 aliphatic carbocycles. The summed E-state index contributed by atoms with van der Waals surface area (Å²) in [5.74, 6) is -0.251. The van der Waals surface area contributed by atoms with Gasteiger partial charge in [-0.05, 0) is 37.6 Å². The number of carbonyl (C=O) groups is 1. The summed E-state index contributed by atoms with van der Waals surface area (Å²) >= 11 is 11.8. The lowest BCUT2D eigenvalue weighted by molar-refractivity contribution is -0.121. The summed E-state index contributed by atoms with van der Waals surface area (Å²) in [6.07, 6.45) is 1.60. The number of nitrogens with one attached hydrogen (secondary N) is 2. The molecule has 0 bridgehead atoms. The highest BCUT2D eigenvalue weighted by Gasteiger charge is 2.12. The first-order chi connectivity index (χ1) is 11.0. The molecule has 2 aromatic rings. The molecular weight excluding hydrogens is 333 g/mol. The van der Waals surface area contributed by atoms with Crippen molar-refractivity contribution in [3.63, 3.8) is 0 Å². The zero-order valence-electron chi connectivity index (χ0n) is 12.8. The molecule has 0 unspecified atom stereocenters. The lowest BCUT2D eigenvalue weighted by atomic mass is 10.2. The number of amides is 1. The highest BCUT2D eigenvalue weighted by molar-refractivity contribution is 6.42. The van der Waals surface area contributed by atoms with Crippen molar-refractivity contribution < 1.29 is 4.79 Å². The monoisotopic (exact) mass is 349 g/mol. The molecule has 1 atom stereocenters. The normalized spacial score (nSPS) is 12.2. The number of hydrogen-bond donors (Lipinski definition) is 2. The maximum Gasteiger partial charge on any atom is 0.262 e. The lowest BCUT2D eigenvalue weighted by Gasteiger charge is -2.13. The molecule has 0 saturated carbocycles. The highest BCUT2D eigenvalue weighted by atomic mass is 35.5. The van der Waals surface area contributed by atoms with Gasteiger partial charge >= 0.3 is 0 Å². The van der Waals surface area contributed by atoms with Gasteiger partial charge in [0, 0.05) is 5.69 Å². The predicted molar refractivity (Wildman–Crippen MR) is 96.5 cm³/mol. The van der Waals surface area contributed by atoms with Gasteiger partial charge in [-0.2, -0.15) is 5.10 Å². The summed E-state index contributed by atoms with van der Waals surface area (Å²) < 4.78 is 0. The van der Waals surface area contributed by atoms with Crippen molar-refractivity contribution in [1.82, 2.24) is 5.43 Å². The van der Waals surface area contributed by atoms with Crippen LogP contribution in [0.4, 0.5) is 5.69 Å². The number of hydrogen-bond acceptors (Lipinski definition) is 3. The minimum Gasteiger partial charge on any atom is -0.374 e. The Kier molecular flexibility index (Phi) is 6.02. The van der Waals surface area contributed by atoms with Crippen LogP contribution in [-0.4, -0.2) is 18.2 Å². The first-order valence-corrected chi connectivity index (χ1v) is 7.82. The van der Waals surface area contributed by atoms with E-state index in [1.165, 1.54) is 5.56 Å². The zero-order valence-corrected chi connectivity index (χ0v) is 14.3. The van der Waals surface area contributed by atoms with E-state index in [0.717, 1.165) is 5.56 Å². The van der Waals surface area contributed by atoms with E-state index in [2.05, 4.69) is 15.8 Å². The smallest absolute Gasteiger partial charge is 0.262 e. The van der Waals surface area contributed by atoms with E-state index < -0.39 is 6.04 Å². The number of aryl methyl sites for hydroxylation is 1. The Labute approximate surface area is 145 Å². The summed E-state index contributed by atoms with van der Waals surface area (Å²) in [6, 6.07) is 12.5. The van der Waals surface area contributed by atoms with Crippen LogP contribution in [0.2, 0.25) is 10.0 Å². The van der Waals surface area contributed by atoms with E-state index in [4.69, 9.17) is 23.2 Å². The van der Waals surface area contributed by atoms with Gasteiger partial charge in [-0.25, -0.2) is 5.43 Å². The first kappa shape index (κ1) is 17.3. The molecule has 2 rings (SSSR count). The Morgan fingerprint density at radius 3 is 2.48 bits per heavy atom. The molecule has 0 saturated heterocycles. The van der Waals surface area contributed by atoms with Crippen molar-refractivity contribution in [2.24, 2.45) is 5.10 Å². The topological polar surface area (TPSA) is 53.5 Å². The summed E-state index contributed by atoms with van der Waals surface area (Å²) in [5, 5.41) is 7.89. The lowest BCUT2D eigenvalue weighted by Crippen LogP contribution is -2.34. The van der Waals surface area contributed by atoms with Gasteiger partial charge < -0.3 is 5.32 Å². The molecular formula is C17H17Cl2N3O. The molecule has 0 fully saturated rings. The molecule has 1 amide bonds. The van der Waals surface area contributed by atoms with Gasteiger partial charge in [-0.15, -0.1) is 0 Å². The molecule has 2 aromatic carbocycles. The van der Waals surface area contributed by atoms with Gasteiger partial charge in [0.1, 0.15) is 6.04 Å². The quantitative estimate of drug-likeness (QED) is 0.626. The van der Waals surface area contributed by atoms with E-state index in [0.29, 0.717) is 15.7 Å². The van der Waals surface area contributed by atoms with Crippen LogP contribution >= 0.6 is 23.2 Å². The van der Waals surface area contributed by atoms with Gasteiger partial charge in [0.25, 0.3) is 5.91 Å². The predicted octanol–water partition coefficient (Wildman–Crippen LogP) is 4.25. The standard InChI is InChI=1S/C17H17Cl2N3O/c1-11-3-5-13(6-4-11)10-20-22-17(23)12(2)21-14-7-8-15(18)16(19)9-14/h3-10,12,21H,1-2H3,(H,22,23)/b20-10-/t12-/m0/s1. The average Bonchev–Trinajstić information content (AvgIpc) is 2.52. The maximum atomic E-state index is 12.0. The molecule has 0 aliphatic rings. The van der Waals surface area contributed by atoms with Crippen molar-refractivity contribution in [1.29, 1.82) is 0 Å². The Morgan fingerprint density at radius 2 is 1.83 bits per heavy atom. The van der Waals surface area contributed by atoms with Crippen LogP contribution in [0.5, 0.6) is 0 Å². The van der Waals surface area contributed by atoms with Crippen molar-refractivity contribution in [3.05, 3.63) is 63.6 Å². The van der Waals surface area contributed by atoms with Gasteiger partial charge in [-0.3, -0.25) is 4.79 Å². The second-order valence-corrected chi connectivity index (χ2v) is 5.95. The minimum absolute atomic E-state index is 0.251. The largest absolute Gasteiger partial charge is 0.374 e. The van der Waals surface area contributed by atoms with Crippen LogP contribution in [0.25, 0.3) is 0 Å². The van der Waals surface area contributed by atoms with Crippen LogP contribution in [0.15, 0.2) is 47.6 Å². The van der Waals surface area contributed by atoms with Gasteiger partial charge in [0.05, 0.1) is 16.3 Å². The maximum absolute atomic E-state index is 12.0. The molecule has 0 radical (unpaired) electrons. The molecule has 6 heteroatoms. The van der Waals surface area contributed by atoms with Crippen LogP contribution < -0.4 is 10.7 Å². The summed E-state index contributed by atoms with van der Waals surface area (Å²) in [6.45, 7) is 3.75. The third-order valence-electron chi connectivity index (χ3n) is 3.16. The molecule has 23 heavy (non-hydrogen) atoms. The number of halogens is 2. The first-order valence-electron chi connectivity index (χ1n) is 7.07. The Hall–Kier alpha value is -2.04. The molecule has 120 valence electrons. The van der Waals surface area contributed by atoms with E-state index in [1.54, 1.807) is 31.3 Å². The fourth-order valence-electron chi connectivity index (χ4n) is 1.82. The second-order valence-electron chi connectivity index (χ2n) is 5.14. The van der Waals surface area contributed by atoms with Crippen molar-refractivity contribution in [2.75, 3.05) is 5.32 Å². The van der Waals surface area contributed by atoms with Gasteiger partial charge in [0.2, 0.25) is 0 Å². The van der Waals surface area contributed by atoms with Crippen molar-refractivity contribution in [2.45, 2.75) is 19.9 Å². The van der Waals surface area contributed by atoms with Crippen molar-refractivity contribution in [3.8, 4) is 0 Å². The van der Waals surface area contributed by atoms with Gasteiger partial charge in [0.15, 0.2) is 0 Å². The van der Waals surface area contributed by atoms with Crippen LogP contribution in [-0.2, 0) is 4.79 Å². The van der Waals surface area contributed by atoms with E-state index in [-0.39, 0.29) is 5.91 Å². The minimum atomic E-state index is -0.470. The van der Waals surface area contributed by atoms with Crippen LogP contribution in [0, 0.1) is 6.92 Å². The molecule has 0 heterocycles. The SMILES string of the molecule is Cc1ccc(/C=N\NC(=O)[C@H](C)Nc2ccc(Cl)c(Cl)c2)cc1. The van der Waals surface area contributed by atoms with Crippen molar-refractivity contribution >= 4 is 41.0 Å². The van der Waals surface area contributed by atoms with E-state index in [9.17, 15) is 4.79 Å². The third-order valence-corrected chi connectivity index (χ3v) is 3.90. The zero-order chi connectivity index (χ0) is 16.8.